The van der Waals surface area contributed by atoms with Crippen LogP contribution in [0.5, 0.6) is 0 Å². The fraction of sp³-hybridized carbons (Fsp3) is 0.667. The highest BCUT2D eigenvalue weighted by Crippen LogP contribution is 2.05. The molecule has 0 N–H and O–H groups in total. The van der Waals surface area contributed by atoms with Crippen LogP contribution in [0.3, 0.4) is 0 Å². The van der Waals surface area contributed by atoms with E-state index in [0.717, 1.165) is 12.8 Å². The van der Waals surface area contributed by atoms with Gasteiger partial charge in [-0.2, -0.15) is 0 Å². The first kappa shape index (κ1) is 9.41. The van der Waals surface area contributed by atoms with Crippen molar-refractivity contribution >= 4 is 6.72 Å². The molecule has 0 rings (SSSR count). The second kappa shape index (κ2) is 6.53. The first-order valence-electron chi connectivity index (χ1n) is 3.92. The molecule has 0 aliphatic rings. The Morgan fingerprint density at radius 2 is 2.30 bits per heavy atom. The molecule has 0 aromatic carbocycles. The van der Waals surface area contributed by atoms with Gasteiger partial charge < -0.3 is 0 Å². The summed E-state index contributed by atoms with van der Waals surface area (Å²) in [5.74, 6) is 0. The topological polar surface area (TPSA) is 12.4 Å². The summed E-state index contributed by atoms with van der Waals surface area (Å²) in [4.78, 5) is 4.01. The second-order valence-electron chi connectivity index (χ2n) is 2.43. The van der Waals surface area contributed by atoms with Gasteiger partial charge in [0.15, 0.2) is 0 Å². The summed E-state index contributed by atoms with van der Waals surface area (Å²) in [5.41, 5.74) is 0. The predicted octanol–water partition coefficient (Wildman–Crippen LogP) is 2.82. The molecule has 1 atom stereocenters. The first-order chi connectivity index (χ1) is 4.85. The molecule has 0 bridgehead atoms. The quantitative estimate of drug-likeness (QED) is 0.410. The summed E-state index contributed by atoms with van der Waals surface area (Å²) in [5, 5.41) is 0. The van der Waals surface area contributed by atoms with Crippen molar-refractivity contribution in [3.63, 3.8) is 0 Å². The van der Waals surface area contributed by atoms with E-state index in [1.165, 1.54) is 6.42 Å². The Morgan fingerprint density at radius 3 is 2.70 bits per heavy atom. The molecule has 0 fully saturated rings. The standard InChI is InChI=1S/C9H17N/c1-4-6-8-9(10-3)7-5-2/h4,6,9H,3,5,7-8H2,1-2H3/b6-4-. The third-order valence-electron chi connectivity index (χ3n) is 1.52. The van der Waals surface area contributed by atoms with E-state index in [1.807, 2.05) is 6.92 Å². The van der Waals surface area contributed by atoms with Crippen molar-refractivity contribution < 1.29 is 0 Å². The van der Waals surface area contributed by atoms with Crippen molar-refractivity contribution in [2.24, 2.45) is 4.99 Å². The van der Waals surface area contributed by atoms with Crippen molar-refractivity contribution in [1.82, 2.24) is 0 Å². The minimum atomic E-state index is 0.446. The van der Waals surface area contributed by atoms with Crippen LogP contribution in [-0.2, 0) is 0 Å². The third kappa shape index (κ3) is 4.30. The van der Waals surface area contributed by atoms with Gasteiger partial charge in [0.05, 0.1) is 6.04 Å². The maximum absolute atomic E-state index is 4.01. The number of nitrogens with zero attached hydrogens (tertiary/aromatic N) is 1. The molecule has 1 heteroatoms. The van der Waals surface area contributed by atoms with Crippen molar-refractivity contribution in [3.05, 3.63) is 12.2 Å². The normalized spacial score (nSPS) is 13.8. The number of hydrogen-bond acceptors (Lipinski definition) is 1. The summed E-state index contributed by atoms with van der Waals surface area (Å²) in [6.07, 6.45) is 7.62. The van der Waals surface area contributed by atoms with E-state index in [0.29, 0.717) is 6.04 Å². The summed E-state index contributed by atoms with van der Waals surface area (Å²) in [6, 6.07) is 0.446. The molecule has 0 heterocycles. The Hall–Kier alpha value is -0.590. The van der Waals surface area contributed by atoms with E-state index in [-0.39, 0.29) is 0 Å². The van der Waals surface area contributed by atoms with Gasteiger partial charge in [-0.1, -0.05) is 25.5 Å². The Kier molecular flexibility index (Phi) is 6.14. The minimum absolute atomic E-state index is 0.446. The van der Waals surface area contributed by atoms with E-state index in [9.17, 15) is 0 Å². The van der Waals surface area contributed by atoms with Crippen LogP contribution in [0.2, 0.25) is 0 Å². The fourth-order valence-corrected chi connectivity index (χ4v) is 0.910. The lowest BCUT2D eigenvalue weighted by Gasteiger charge is -2.05. The molecule has 0 aromatic heterocycles. The van der Waals surface area contributed by atoms with Gasteiger partial charge in [0.25, 0.3) is 0 Å². The van der Waals surface area contributed by atoms with Crippen LogP contribution in [0.15, 0.2) is 17.1 Å². The van der Waals surface area contributed by atoms with Crippen molar-refractivity contribution in [2.75, 3.05) is 0 Å². The zero-order valence-electron chi connectivity index (χ0n) is 7.01. The summed E-state index contributed by atoms with van der Waals surface area (Å²) in [6.45, 7) is 7.76. The van der Waals surface area contributed by atoms with Gasteiger partial charge in [0.1, 0.15) is 0 Å². The Labute approximate surface area is 63.9 Å². The van der Waals surface area contributed by atoms with Crippen LogP contribution < -0.4 is 0 Å². The highest BCUT2D eigenvalue weighted by molar-refractivity contribution is 5.24. The Balaban J connectivity index is 3.49. The second-order valence-corrected chi connectivity index (χ2v) is 2.43. The molecule has 10 heavy (non-hydrogen) atoms. The smallest absolute Gasteiger partial charge is 0.0526 e. The van der Waals surface area contributed by atoms with Crippen LogP contribution in [0, 0.1) is 0 Å². The lowest BCUT2D eigenvalue weighted by atomic mass is 10.1. The maximum Gasteiger partial charge on any atom is 0.0526 e. The zero-order valence-corrected chi connectivity index (χ0v) is 7.01. The van der Waals surface area contributed by atoms with Crippen molar-refractivity contribution in [2.45, 2.75) is 39.2 Å². The number of allylic oxidation sites excluding steroid dienone is 1. The first-order valence-corrected chi connectivity index (χ1v) is 3.92. The minimum Gasteiger partial charge on any atom is -0.297 e. The molecule has 0 aliphatic carbocycles. The van der Waals surface area contributed by atoms with Crippen LogP contribution in [-0.4, -0.2) is 12.8 Å². The van der Waals surface area contributed by atoms with Crippen LogP contribution in [0.1, 0.15) is 33.1 Å². The number of aliphatic imine (C=N–C) groups is 1. The Bertz CT molecular complexity index is 105. The molecule has 0 aliphatic heterocycles. The third-order valence-corrected chi connectivity index (χ3v) is 1.52. The number of hydrogen-bond donors (Lipinski definition) is 0. The molecular weight excluding hydrogens is 122 g/mol. The van der Waals surface area contributed by atoms with Crippen LogP contribution in [0.25, 0.3) is 0 Å². The molecule has 0 spiro atoms. The fourth-order valence-electron chi connectivity index (χ4n) is 0.910. The summed E-state index contributed by atoms with van der Waals surface area (Å²) >= 11 is 0. The summed E-state index contributed by atoms with van der Waals surface area (Å²) in [7, 11) is 0. The molecular formula is C9H17N. The van der Waals surface area contributed by atoms with Gasteiger partial charge in [-0.3, -0.25) is 4.99 Å². The monoisotopic (exact) mass is 139 g/mol. The van der Waals surface area contributed by atoms with Gasteiger partial charge in [-0.25, -0.2) is 0 Å². The van der Waals surface area contributed by atoms with Gasteiger partial charge in [-0.15, -0.1) is 0 Å². The lowest BCUT2D eigenvalue weighted by Crippen LogP contribution is -2.00. The molecule has 1 nitrogen and oxygen atoms in total. The van der Waals surface area contributed by atoms with E-state index in [2.05, 4.69) is 30.8 Å². The van der Waals surface area contributed by atoms with Crippen LogP contribution in [0.4, 0.5) is 0 Å². The highest BCUT2D eigenvalue weighted by Gasteiger charge is 1.99. The SMILES string of the molecule is C=NC(C/C=C\C)CCC. The average molecular weight is 139 g/mol. The van der Waals surface area contributed by atoms with Crippen molar-refractivity contribution in [1.29, 1.82) is 0 Å². The summed E-state index contributed by atoms with van der Waals surface area (Å²) < 4.78 is 0. The average Bonchev–Trinajstić information content (AvgIpc) is 1.98. The van der Waals surface area contributed by atoms with E-state index in [4.69, 9.17) is 0 Å². The highest BCUT2D eigenvalue weighted by atomic mass is 14.7. The molecule has 0 saturated carbocycles. The number of rotatable bonds is 5. The predicted molar refractivity (Wildman–Crippen MR) is 47.7 cm³/mol. The van der Waals surface area contributed by atoms with Crippen LogP contribution >= 0.6 is 0 Å². The van der Waals surface area contributed by atoms with E-state index in [1.54, 1.807) is 0 Å². The maximum atomic E-state index is 4.01. The van der Waals surface area contributed by atoms with Crippen molar-refractivity contribution in [3.8, 4) is 0 Å². The van der Waals surface area contributed by atoms with E-state index < -0.39 is 0 Å². The zero-order chi connectivity index (χ0) is 7.82. The van der Waals surface area contributed by atoms with Gasteiger partial charge >= 0.3 is 0 Å². The molecule has 0 amide bonds. The lowest BCUT2D eigenvalue weighted by molar-refractivity contribution is 0.616. The Morgan fingerprint density at radius 1 is 1.60 bits per heavy atom. The van der Waals surface area contributed by atoms with Gasteiger partial charge in [-0.05, 0) is 26.5 Å². The van der Waals surface area contributed by atoms with E-state index >= 15 is 0 Å². The molecule has 58 valence electrons. The molecule has 0 saturated heterocycles. The van der Waals surface area contributed by atoms with Gasteiger partial charge in [0, 0.05) is 0 Å². The molecule has 0 aromatic rings. The molecule has 0 radical (unpaired) electrons. The molecule has 1 unspecified atom stereocenters. The largest absolute Gasteiger partial charge is 0.297 e. The van der Waals surface area contributed by atoms with Gasteiger partial charge in [0.2, 0.25) is 0 Å².